The molecule has 2 aliphatic rings. The van der Waals surface area contributed by atoms with Crippen molar-refractivity contribution in [2.24, 2.45) is 0 Å². The van der Waals surface area contributed by atoms with Gasteiger partial charge in [0.15, 0.2) is 6.54 Å². The van der Waals surface area contributed by atoms with Crippen LogP contribution in [0.2, 0.25) is 0 Å². The van der Waals surface area contributed by atoms with Crippen LogP contribution in [0.1, 0.15) is 0 Å². The third-order valence-electron chi connectivity index (χ3n) is 2.53. The average molecular weight is 168 g/mol. The first-order chi connectivity index (χ1) is 6.45. The molecule has 0 N–H and O–H groups in total. The van der Waals surface area contributed by atoms with Crippen molar-refractivity contribution in [3.63, 3.8) is 0 Å². The molecule has 0 unspecified atom stereocenters. The fraction of sp³-hybridized carbons (Fsp3) is 0.0833. The van der Waals surface area contributed by atoms with E-state index in [1.54, 1.807) is 0 Å². The molecule has 1 aromatic rings. The van der Waals surface area contributed by atoms with Crippen LogP contribution < -0.4 is 15.2 Å². The summed E-state index contributed by atoms with van der Waals surface area (Å²) in [7, 11) is 0. The van der Waals surface area contributed by atoms with Crippen LogP contribution in [0.4, 0.5) is 0 Å². The minimum atomic E-state index is 0.999. The molecule has 0 atom stereocenters. The number of hydrogen-bond acceptors (Lipinski definition) is 0. The van der Waals surface area contributed by atoms with Crippen molar-refractivity contribution >= 4 is 6.08 Å². The number of fused-ring (bicyclic) bond motifs is 2. The predicted molar refractivity (Wildman–Crippen MR) is 53.5 cm³/mol. The van der Waals surface area contributed by atoms with Gasteiger partial charge in [-0.25, -0.2) is 0 Å². The topological polar surface area (TPSA) is 3.01 Å². The number of hydrogen-bond donors (Lipinski definition) is 0. The van der Waals surface area contributed by atoms with Crippen LogP contribution in [0.25, 0.3) is 6.08 Å². The second-order valence-corrected chi connectivity index (χ2v) is 3.33. The maximum atomic E-state index is 2.33. The Kier molecular flexibility index (Phi) is 1.28. The highest BCUT2D eigenvalue weighted by atomic mass is 15.0. The molecule has 0 amide bonds. The summed E-state index contributed by atoms with van der Waals surface area (Å²) in [5.74, 6) is 0. The van der Waals surface area contributed by atoms with E-state index in [1.807, 2.05) is 0 Å². The van der Waals surface area contributed by atoms with Crippen molar-refractivity contribution in [3.8, 4) is 0 Å². The zero-order valence-corrected chi connectivity index (χ0v) is 7.27. The van der Waals surface area contributed by atoms with Crippen LogP contribution in [0, 0.1) is 0 Å². The van der Waals surface area contributed by atoms with E-state index in [4.69, 9.17) is 0 Å². The zero-order chi connectivity index (χ0) is 8.67. The molecule has 0 aromatic heterocycles. The minimum Gasteiger partial charge on any atom is -0.188 e. The first-order valence-corrected chi connectivity index (χ1v) is 4.53. The highest BCUT2D eigenvalue weighted by Gasteiger charge is 2.18. The summed E-state index contributed by atoms with van der Waals surface area (Å²) in [6.45, 7) is 0.999. The van der Waals surface area contributed by atoms with E-state index >= 15 is 0 Å². The van der Waals surface area contributed by atoms with E-state index in [9.17, 15) is 0 Å². The largest absolute Gasteiger partial charge is 0.213 e. The van der Waals surface area contributed by atoms with Gasteiger partial charge in [0.25, 0.3) is 0 Å². The monoisotopic (exact) mass is 168 g/mol. The Balaban J connectivity index is 2.46. The molecule has 1 aromatic carbocycles. The normalized spacial score (nSPS) is 17.5. The van der Waals surface area contributed by atoms with Gasteiger partial charge in [0.1, 0.15) is 0 Å². The molecule has 0 aliphatic carbocycles. The molecular formula is C12H10N+. The van der Waals surface area contributed by atoms with E-state index < -0.39 is 0 Å². The number of benzene rings is 1. The van der Waals surface area contributed by atoms with Crippen molar-refractivity contribution in [1.82, 2.24) is 4.58 Å². The summed E-state index contributed by atoms with van der Waals surface area (Å²) in [5, 5.41) is 2.66. The molecule has 0 saturated heterocycles. The van der Waals surface area contributed by atoms with Crippen LogP contribution in [-0.4, -0.2) is 6.54 Å². The summed E-state index contributed by atoms with van der Waals surface area (Å²) < 4.78 is 2.33. The number of rotatable bonds is 0. The van der Waals surface area contributed by atoms with Crippen LogP contribution in [0.15, 0.2) is 48.2 Å². The van der Waals surface area contributed by atoms with Crippen LogP contribution >= 0.6 is 0 Å². The Bertz CT molecular complexity index is 532. The van der Waals surface area contributed by atoms with Gasteiger partial charge in [-0.3, -0.25) is 0 Å². The van der Waals surface area contributed by atoms with Crippen molar-refractivity contribution in [2.45, 2.75) is 0 Å². The Morgan fingerprint density at radius 2 is 2.08 bits per heavy atom. The van der Waals surface area contributed by atoms with Gasteiger partial charge in [-0.2, -0.15) is 4.58 Å². The molecule has 0 fully saturated rings. The maximum Gasteiger partial charge on any atom is 0.213 e. The van der Waals surface area contributed by atoms with Gasteiger partial charge in [-0.05, 0) is 12.1 Å². The smallest absolute Gasteiger partial charge is 0.188 e. The lowest BCUT2D eigenvalue weighted by atomic mass is 10.2. The third-order valence-corrected chi connectivity index (χ3v) is 2.53. The summed E-state index contributed by atoms with van der Waals surface area (Å²) in [6.07, 6.45) is 8.69. The van der Waals surface area contributed by atoms with Crippen molar-refractivity contribution in [1.29, 1.82) is 0 Å². The van der Waals surface area contributed by atoms with E-state index in [1.165, 1.54) is 16.3 Å². The SMILES string of the molecule is C1=CC[N+]2=c3ccccc3=CC2=C1. The fourth-order valence-electron chi connectivity index (χ4n) is 1.91. The zero-order valence-electron chi connectivity index (χ0n) is 7.27. The van der Waals surface area contributed by atoms with E-state index in [0.29, 0.717) is 0 Å². The molecule has 2 aliphatic heterocycles. The molecule has 13 heavy (non-hydrogen) atoms. The maximum absolute atomic E-state index is 2.33. The Morgan fingerprint density at radius 1 is 1.15 bits per heavy atom. The first kappa shape index (κ1) is 6.84. The summed E-state index contributed by atoms with van der Waals surface area (Å²) in [4.78, 5) is 0. The quantitative estimate of drug-likeness (QED) is 0.494. The van der Waals surface area contributed by atoms with Gasteiger partial charge in [0, 0.05) is 18.2 Å². The average Bonchev–Trinajstić information content (AvgIpc) is 2.56. The molecule has 1 nitrogen and oxygen atoms in total. The standard InChI is InChI=1S/C12H10N/c1-2-7-12-10(5-1)9-11-6-3-4-8-13(11)12/h1-7,9H,8H2/q+1. The number of allylic oxidation sites excluding steroid dienone is 3. The molecule has 0 spiro atoms. The van der Waals surface area contributed by atoms with Gasteiger partial charge in [-0.1, -0.05) is 18.2 Å². The molecule has 0 radical (unpaired) electrons. The number of para-hydroxylation sites is 1. The molecule has 0 saturated carbocycles. The third kappa shape index (κ3) is 0.903. The summed E-state index contributed by atoms with van der Waals surface area (Å²) >= 11 is 0. The molecule has 62 valence electrons. The second kappa shape index (κ2) is 2.43. The molecular weight excluding hydrogens is 158 g/mol. The Labute approximate surface area is 76.6 Å². The summed E-state index contributed by atoms with van der Waals surface area (Å²) in [6, 6.07) is 8.51. The molecule has 2 heterocycles. The molecule has 1 heteroatoms. The van der Waals surface area contributed by atoms with Crippen molar-refractivity contribution in [3.05, 3.63) is 58.8 Å². The minimum absolute atomic E-state index is 0.999. The van der Waals surface area contributed by atoms with Gasteiger partial charge in [0.2, 0.25) is 11.1 Å². The lowest BCUT2D eigenvalue weighted by molar-refractivity contribution is 0.775. The van der Waals surface area contributed by atoms with Crippen LogP contribution in [0.3, 0.4) is 0 Å². The molecule has 0 bridgehead atoms. The number of nitrogens with zero attached hydrogens (tertiary/aromatic N) is 1. The van der Waals surface area contributed by atoms with Gasteiger partial charge in [0.05, 0.1) is 5.22 Å². The van der Waals surface area contributed by atoms with Crippen molar-refractivity contribution in [2.75, 3.05) is 6.54 Å². The van der Waals surface area contributed by atoms with Gasteiger partial charge >= 0.3 is 0 Å². The van der Waals surface area contributed by atoms with E-state index in [2.05, 4.69) is 53.1 Å². The Hall–Kier alpha value is -1.63. The lowest BCUT2D eigenvalue weighted by Gasteiger charge is -1.99. The van der Waals surface area contributed by atoms with Gasteiger partial charge < -0.3 is 0 Å². The van der Waals surface area contributed by atoms with Crippen molar-refractivity contribution < 1.29 is 0 Å². The Morgan fingerprint density at radius 3 is 3.08 bits per heavy atom. The first-order valence-electron chi connectivity index (χ1n) is 4.53. The van der Waals surface area contributed by atoms with Crippen LogP contribution in [-0.2, 0) is 0 Å². The molecule has 3 rings (SSSR count). The highest BCUT2D eigenvalue weighted by molar-refractivity contribution is 5.52. The highest BCUT2D eigenvalue weighted by Crippen LogP contribution is 2.04. The second-order valence-electron chi connectivity index (χ2n) is 3.33. The summed E-state index contributed by atoms with van der Waals surface area (Å²) in [5.41, 5.74) is 1.31. The predicted octanol–water partition coefficient (Wildman–Crippen LogP) is 0.426. The van der Waals surface area contributed by atoms with Gasteiger partial charge in [-0.15, -0.1) is 0 Å². The van der Waals surface area contributed by atoms with E-state index in [0.717, 1.165) is 6.54 Å². The lowest BCUT2D eigenvalue weighted by Crippen LogP contribution is -2.33. The van der Waals surface area contributed by atoms with Crippen LogP contribution in [0.5, 0.6) is 0 Å². The van der Waals surface area contributed by atoms with E-state index in [-0.39, 0.29) is 0 Å². The fourth-order valence-corrected chi connectivity index (χ4v) is 1.91.